The van der Waals surface area contributed by atoms with E-state index in [1.54, 1.807) is 0 Å². The molecule has 1 fully saturated rings. The van der Waals surface area contributed by atoms with Crippen LogP contribution in [0.2, 0.25) is 0 Å². The molecule has 3 rings (SSSR count). The number of thioether (sulfide) groups is 1. The second-order valence-electron chi connectivity index (χ2n) is 5.37. The first-order valence-corrected chi connectivity index (χ1v) is 8.16. The van der Waals surface area contributed by atoms with Gasteiger partial charge in [0.05, 0.1) is 6.42 Å². The molecule has 0 bridgehead atoms. The van der Waals surface area contributed by atoms with Gasteiger partial charge in [-0.2, -0.15) is 11.8 Å². The molecule has 2 heterocycles. The average Bonchev–Trinajstić information content (AvgIpc) is 2.82. The first kappa shape index (κ1) is 13.8. The number of ether oxygens (including phenoxy) is 1. The van der Waals surface area contributed by atoms with Gasteiger partial charge in [0, 0.05) is 37.1 Å². The number of hydrogen-bond acceptors (Lipinski definition) is 4. The van der Waals surface area contributed by atoms with Crippen molar-refractivity contribution >= 4 is 17.7 Å². The zero-order chi connectivity index (χ0) is 13.9. The van der Waals surface area contributed by atoms with E-state index in [9.17, 15) is 4.79 Å². The Morgan fingerprint density at radius 3 is 3.10 bits per heavy atom. The highest BCUT2D eigenvalue weighted by Crippen LogP contribution is 2.29. The summed E-state index contributed by atoms with van der Waals surface area (Å²) in [5.74, 6) is 2.26. The summed E-state index contributed by atoms with van der Waals surface area (Å²) >= 11 is 1.85. The van der Waals surface area contributed by atoms with Gasteiger partial charge in [0.15, 0.2) is 0 Å². The van der Waals surface area contributed by atoms with E-state index in [0.29, 0.717) is 0 Å². The van der Waals surface area contributed by atoms with Crippen molar-refractivity contribution in [1.82, 2.24) is 4.90 Å². The smallest absolute Gasteiger partial charge is 0.304 e. The number of carbonyl (C=O) groups is 1. The second-order valence-corrected chi connectivity index (χ2v) is 6.52. The van der Waals surface area contributed by atoms with Crippen LogP contribution in [0.4, 0.5) is 0 Å². The maximum Gasteiger partial charge on any atom is 0.304 e. The Balaban J connectivity index is 1.61. The van der Waals surface area contributed by atoms with E-state index in [2.05, 4.69) is 11.0 Å². The normalized spacial score (nSPS) is 26.0. The lowest BCUT2D eigenvalue weighted by Gasteiger charge is -2.35. The van der Waals surface area contributed by atoms with Gasteiger partial charge in [0.1, 0.15) is 11.9 Å². The van der Waals surface area contributed by atoms with Crippen LogP contribution in [-0.4, -0.2) is 52.7 Å². The van der Waals surface area contributed by atoms with Crippen LogP contribution in [0.15, 0.2) is 24.3 Å². The van der Waals surface area contributed by atoms with Gasteiger partial charge in [-0.15, -0.1) is 0 Å². The number of nitrogens with zero attached hydrogens (tertiary/aromatic N) is 1. The lowest BCUT2D eigenvalue weighted by atomic mass is 10.1. The molecule has 2 aliphatic heterocycles. The van der Waals surface area contributed by atoms with E-state index >= 15 is 0 Å². The minimum absolute atomic E-state index is 0.138. The minimum atomic E-state index is -0.710. The van der Waals surface area contributed by atoms with Gasteiger partial charge in [-0.05, 0) is 11.6 Å². The van der Waals surface area contributed by atoms with Gasteiger partial charge in [0.25, 0.3) is 0 Å². The maximum atomic E-state index is 11.0. The molecule has 0 aliphatic carbocycles. The van der Waals surface area contributed by atoms with Crippen molar-refractivity contribution in [3.8, 4) is 5.75 Å². The zero-order valence-electron chi connectivity index (χ0n) is 11.3. The molecule has 108 valence electrons. The Labute approximate surface area is 123 Å². The summed E-state index contributed by atoms with van der Waals surface area (Å²) in [5, 5.41) is 9.02. The van der Waals surface area contributed by atoms with Crippen molar-refractivity contribution in [2.45, 2.75) is 25.0 Å². The predicted octanol–water partition coefficient (Wildman–Crippen LogP) is 1.88. The van der Waals surface area contributed by atoms with Crippen molar-refractivity contribution in [3.05, 3.63) is 29.8 Å². The molecule has 5 heteroatoms. The van der Waals surface area contributed by atoms with Crippen LogP contribution in [-0.2, 0) is 11.2 Å². The number of para-hydroxylation sites is 1. The maximum absolute atomic E-state index is 11.0. The van der Waals surface area contributed by atoms with Crippen LogP contribution in [0, 0.1) is 0 Å². The molecule has 2 aliphatic rings. The highest BCUT2D eigenvalue weighted by atomic mass is 32.2. The minimum Gasteiger partial charge on any atom is -0.488 e. The fraction of sp³-hybridized carbons (Fsp3) is 0.533. The molecule has 1 saturated heterocycles. The molecule has 0 aromatic heterocycles. The van der Waals surface area contributed by atoms with Gasteiger partial charge in [0.2, 0.25) is 0 Å². The fourth-order valence-corrected chi connectivity index (χ4v) is 4.07. The summed E-state index contributed by atoms with van der Waals surface area (Å²) in [4.78, 5) is 13.3. The largest absolute Gasteiger partial charge is 0.488 e. The van der Waals surface area contributed by atoms with Crippen molar-refractivity contribution in [2.24, 2.45) is 0 Å². The number of benzene rings is 1. The first-order valence-electron chi connectivity index (χ1n) is 7.00. The SMILES string of the molecule is O=C(O)CC1CSCCN1CC1Cc2ccccc2O1. The Bertz CT molecular complexity index is 469. The van der Waals surface area contributed by atoms with Gasteiger partial charge in [-0.3, -0.25) is 9.69 Å². The van der Waals surface area contributed by atoms with Crippen molar-refractivity contribution in [2.75, 3.05) is 24.6 Å². The molecule has 4 nitrogen and oxygen atoms in total. The third-order valence-corrected chi connectivity index (χ3v) is 5.00. The van der Waals surface area contributed by atoms with Gasteiger partial charge in [-0.1, -0.05) is 18.2 Å². The molecule has 2 unspecified atom stereocenters. The van der Waals surface area contributed by atoms with Crippen LogP contribution < -0.4 is 4.74 Å². The van der Waals surface area contributed by atoms with E-state index < -0.39 is 5.97 Å². The molecule has 1 N–H and O–H groups in total. The molecule has 0 amide bonds. The van der Waals surface area contributed by atoms with E-state index in [1.807, 2.05) is 30.0 Å². The van der Waals surface area contributed by atoms with Crippen molar-refractivity contribution in [1.29, 1.82) is 0 Å². The zero-order valence-corrected chi connectivity index (χ0v) is 12.1. The molecule has 2 atom stereocenters. The van der Waals surface area contributed by atoms with Crippen LogP contribution >= 0.6 is 11.8 Å². The molecule has 0 spiro atoms. The molecule has 0 saturated carbocycles. The predicted molar refractivity (Wildman–Crippen MR) is 79.5 cm³/mol. The Morgan fingerprint density at radius 1 is 1.45 bits per heavy atom. The van der Waals surface area contributed by atoms with Crippen LogP contribution in [0.25, 0.3) is 0 Å². The summed E-state index contributed by atoms with van der Waals surface area (Å²) in [6, 6.07) is 8.28. The molecule has 1 aromatic rings. The molecular formula is C15H19NO3S. The third-order valence-electron chi connectivity index (χ3n) is 3.91. The molecule has 1 aromatic carbocycles. The summed E-state index contributed by atoms with van der Waals surface area (Å²) in [5.41, 5.74) is 1.26. The first-order chi connectivity index (χ1) is 9.72. The number of aliphatic carboxylic acids is 1. The Morgan fingerprint density at radius 2 is 2.30 bits per heavy atom. The number of fused-ring (bicyclic) bond motifs is 1. The van der Waals surface area contributed by atoms with Crippen molar-refractivity contribution < 1.29 is 14.6 Å². The lowest BCUT2D eigenvalue weighted by molar-refractivity contribution is -0.138. The van der Waals surface area contributed by atoms with E-state index in [0.717, 1.165) is 36.8 Å². The van der Waals surface area contributed by atoms with E-state index in [4.69, 9.17) is 9.84 Å². The highest BCUT2D eigenvalue weighted by molar-refractivity contribution is 7.99. The molecule has 20 heavy (non-hydrogen) atoms. The van der Waals surface area contributed by atoms with Crippen LogP contribution in [0.5, 0.6) is 5.75 Å². The van der Waals surface area contributed by atoms with E-state index in [-0.39, 0.29) is 18.6 Å². The Hall–Kier alpha value is -1.20. The molecular weight excluding hydrogens is 274 g/mol. The second kappa shape index (κ2) is 6.06. The van der Waals surface area contributed by atoms with Gasteiger partial charge >= 0.3 is 5.97 Å². The van der Waals surface area contributed by atoms with Gasteiger partial charge < -0.3 is 9.84 Å². The van der Waals surface area contributed by atoms with E-state index in [1.165, 1.54) is 5.56 Å². The van der Waals surface area contributed by atoms with Crippen LogP contribution in [0.3, 0.4) is 0 Å². The summed E-state index contributed by atoms with van der Waals surface area (Å²) in [6.07, 6.45) is 1.32. The van der Waals surface area contributed by atoms with Crippen molar-refractivity contribution in [3.63, 3.8) is 0 Å². The summed E-state index contributed by atoms with van der Waals surface area (Å²) in [7, 11) is 0. The highest BCUT2D eigenvalue weighted by Gasteiger charge is 2.30. The summed E-state index contributed by atoms with van der Waals surface area (Å²) in [6.45, 7) is 1.78. The number of rotatable bonds is 4. The molecule has 0 radical (unpaired) electrons. The third kappa shape index (κ3) is 3.10. The van der Waals surface area contributed by atoms with Crippen LogP contribution in [0.1, 0.15) is 12.0 Å². The lowest BCUT2D eigenvalue weighted by Crippen LogP contribution is -2.47. The monoisotopic (exact) mass is 293 g/mol. The standard InChI is InChI=1S/C15H19NO3S/c17-15(18)8-12-10-20-6-5-16(12)9-13-7-11-3-1-2-4-14(11)19-13/h1-4,12-13H,5-10H2,(H,17,18). The Kier molecular flexibility index (Phi) is 4.17. The number of hydrogen-bond donors (Lipinski definition) is 1. The summed E-state index contributed by atoms with van der Waals surface area (Å²) < 4.78 is 5.97. The topological polar surface area (TPSA) is 49.8 Å². The number of carboxylic acid groups (broad SMARTS) is 1. The quantitative estimate of drug-likeness (QED) is 0.918. The fourth-order valence-electron chi connectivity index (χ4n) is 2.94. The number of carboxylic acids is 1. The van der Waals surface area contributed by atoms with Gasteiger partial charge in [-0.25, -0.2) is 0 Å². The average molecular weight is 293 g/mol.